The molecule has 4 heteroatoms. The molecule has 0 radical (unpaired) electrons. The average Bonchev–Trinajstić information content (AvgIpc) is 3.01. The van der Waals surface area contributed by atoms with Crippen LogP contribution in [0.5, 0.6) is 5.75 Å². The van der Waals surface area contributed by atoms with Gasteiger partial charge < -0.3 is 9.15 Å². The van der Waals surface area contributed by atoms with E-state index in [0.717, 1.165) is 21.6 Å². The molecule has 2 heterocycles. The minimum Gasteiger partial charge on any atom is -0.493 e. The molecule has 1 aromatic carbocycles. The highest BCUT2D eigenvalue weighted by Gasteiger charge is 2.16. The first-order chi connectivity index (χ1) is 10.1. The fraction of sp³-hybridized carbons (Fsp3) is 0.235. The Balaban J connectivity index is 2.44. The van der Waals surface area contributed by atoms with E-state index < -0.39 is 0 Å². The van der Waals surface area contributed by atoms with E-state index in [1.807, 2.05) is 44.4 Å². The lowest BCUT2D eigenvalue weighted by molar-refractivity contribution is 0.344. The first-order valence-corrected chi connectivity index (χ1v) is 7.74. The van der Waals surface area contributed by atoms with Gasteiger partial charge in [-0.2, -0.15) is 0 Å². The molecule has 0 fully saturated rings. The number of aryl methyl sites for hydroxylation is 2. The predicted octanol–water partition coefficient (Wildman–Crippen LogP) is 4.54. The maximum absolute atomic E-state index is 12.6. The first kappa shape index (κ1) is 13.9. The van der Waals surface area contributed by atoms with Crippen molar-refractivity contribution < 1.29 is 9.15 Å². The highest BCUT2D eigenvalue weighted by Crippen LogP contribution is 2.34. The Morgan fingerprint density at radius 3 is 2.62 bits per heavy atom. The van der Waals surface area contributed by atoms with Crippen molar-refractivity contribution in [2.45, 2.75) is 20.8 Å². The lowest BCUT2D eigenvalue weighted by Gasteiger charge is -2.03. The van der Waals surface area contributed by atoms with E-state index in [1.54, 1.807) is 17.4 Å². The minimum absolute atomic E-state index is 0.0336. The van der Waals surface area contributed by atoms with Crippen molar-refractivity contribution in [2.24, 2.45) is 0 Å². The third-order valence-electron chi connectivity index (χ3n) is 3.43. The number of hydrogen-bond acceptors (Lipinski definition) is 4. The molecule has 0 unspecified atom stereocenters. The molecule has 3 aromatic rings. The highest BCUT2D eigenvalue weighted by molar-refractivity contribution is 7.13. The maximum atomic E-state index is 12.6. The average molecular weight is 300 g/mol. The molecule has 3 nitrogen and oxygen atoms in total. The molecule has 108 valence electrons. The topological polar surface area (TPSA) is 39.4 Å². The third-order valence-corrected chi connectivity index (χ3v) is 4.35. The third kappa shape index (κ3) is 2.36. The molecule has 0 N–H and O–H groups in total. The molecule has 21 heavy (non-hydrogen) atoms. The molecule has 0 aliphatic carbocycles. The Bertz CT molecular complexity index is 845. The Morgan fingerprint density at radius 1 is 1.19 bits per heavy atom. The van der Waals surface area contributed by atoms with Crippen molar-refractivity contribution in [2.75, 3.05) is 6.61 Å². The van der Waals surface area contributed by atoms with Gasteiger partial charge in [0, 0.05) is 4.88 Å². The summed E-state index contributed by atoms with van der Waals surface area (Å²) in [7, 11) is 0. The number of rotatable bonds is 3. The summed E-state index contributed by atoms with van der Waals surface area (Å²) in [5.74, 6) is 2.06. The summed E-state index contributed by atoms with van der Waals surface area (Å²) in [5, 5.41) is 3.39. The van der Waals surface area contributed by atoms with Crippen LogP contribution in [-0.2, 0) is 0 Å². The molecule has 0 aliphatic heterocycles. The molecule has 0 amide bonds. The van der Waals surface area contributed by atoms with Crippen molar-refractivity contribution >= 4 is 22.1 Å². The van der Waals surface area contributed by atoms with Crippen LogP contribution in [0.2, 0.25) is 0 Å². The van der Waals surface area contributed by atoms with Crippen LogP contribution in [0, 0.1) is 13.8 Å². The van der Waals surface area contributed by atoms with Gasteiger partial charge in [-0.25, -0.2) is 0 Å². The maximum Gasteiger partial charge on any atom is 0.190 e. The molecule has 0 saturated carbocycles. The zero-order valence-electron chi connectivity index (χ0n) is 12.2. The number of thiophene rings is 1. The van der Waals surface area contributed by atoms with Crippen molar-refractivity contribution in [1.82, 2.24) is 0 Å². The number of fused-ring (bicyclic) bond motifs is 1. The summed E-state index contributed by atoms with van der Waals surface area (Å²) in [6, 6.07) is 7.58. The van der Waals surface area contributed by atoms with Crippen molar-refractivity contribution in [3.05, 3.63) is 51.4 Å². The molecular weight excluding hydrogens is 284 g/mol. The summed E-state index contributed by atoms with van der Waals surface area (Å²) in [5.41, 5.74) is 0.849. The molecule has 0 aliphatic rings. The lowest BCUT2D eigenvalue weighted by Crippen LogP contribution is -1.96. The van der Waals surface area contributed by atoms with Gasteiger partial charge in [-0.05, 0) is 49.9 Å². The second-order valence-corrected chi connectivity index (χ2v) is 5.79. The zero-order valence-corrected chi connectivity index (χ0v) is 13.0. The minimum atomic E-state index is -0.0336. The van der Waals surface area contributed by atoms with Crippen LogP contribution in [0.4, 0.5) is 0 Å². The smallest absolute Gasteiger partial charge is 0.190 e. The largest absolute Gasteiger partial charge is 0.493 e. The van der Waals surface area contributed by atoms with Crippen LogP contribution < -0.4 is 10.2 Å². The van der Waals surface area contributed by atoms with Crippen molar-refractivity contribution in [1.29, 1.82) is 0 Å². The van der Waals surface area contributed by atoms with Gasteiger partial charge in [0.1, 0.15) is 17.3 Å². The van der Waals surface area contributed by atoms with E-state index in [0.29, 0.717) is 23.5 Å². The van der Waals surface area contributed by atoms with E-state index in [2.05, 4.69) is 0 Å². The number of ether oxygens (including phenoxy) is 1. The van der Waals surface area contributed by atoms with Gasteiger partial charge in [-0.1, -0.05) is 6.07 Å². The fourth-order valence-electron chi connectivity index (χ4n) is 2.60. The Labute approximate surface area is 126 Å². The molecule has 0 bridgehead atoms. The van der Waals surface area contributed by atoms with E-state index in [4.69, 9.17) is 9.15 Å². The Kier molecular flexibility index (Phi) is 3.55. The first-order valence-electron chi connectivity index (χ1n) is 6.86. The van der Waals surface area contributed by atoms with Crippen LogP contribution in [-0.4, -0.2) is 6.61 Å². The van der Waals surface area contributed by atoms with E-state index in [-0.39, 0.29) is 5.43 Å². The van der Waals surface area contributed by atoms with Crippen LogP contribution in [0.1, 0.15) is 18.4 Å². The van der Waals surface area contributed by atoms with Crippen LogP contribution in [0.3, 0.4) is 0 Å². The highest BCUT2D eigenvalue weighted by atomic mass is 32.1. The van der Waals surface area contributed by atoms with Gasteiger partial charge in [0.05, 0.1) is 17.4 Å². The van der Waals surface area contributed by atoms with Gasteiger partial charge in [-0.3, -0.25) is 4.79 Å². The Hall–Kier alpha value is -2.07. The van der Waals surface area contributed by atoms with Gasteiger partial charge in [0.15, 0.2) is 5.43 Å². The zero-order chi connectivity index (χ0) is 15.0. The molecule has 0 atom stereocenters. The van der Waals surface area contributed by atoms with Gasteiger partial charge >= 0.3 is 0 Å². The molecule has 0 spiro atoms. The second-order valence-electron chi connectivity index (χ2n) is 4.85. The van der Waals surface area contributed by atoms with E-state index in [9.17, 15) is 4.79 Å². The molecule has 3 rings (SSSR count). The van der Waals surface area contributed by atoms with Crippen LogP contribution in [0.25, 0.3) is 21.2 Å². The summed E-state index contributed by atoms with van der Waals surface area (Å²) >= 11 is 1.61. The standard InChI is InChI=1S/C17H16O3S/c1-4-19-14-9-12(15-6-5-7-21-15)8-13(18)16-10(2)20-11(3)17(14)16/h5-9H,4H2,1-3H3. The monoisotopic (exact) mass is 300 g/mol. The number of hydrogen-bond donors (Lipinski definition) is 0. The van der Waals surface area contributed by atoms with Crippen LogP contribution in [0.15, 0.2) is 38.9 Å². The van der Waals surface area contributed by atoms with E-state index >= 15 is 0 Å². The van der Waals surface area contributed by atoms with Gasteiger partial charge in [-0.15, -0.1) is 11.3 Å². The van der Waals surface area contributed by atoms with Crippen molar-refractivity contribution in [3.63, 3.8) is 0 Å². The van der Waals surface area contributed by atoms with Crippen LogP contribution >= 0.6 is 11.3 Å². The van der Waals surface area contributed by atoms with E-state index in [1.165, 1.54) is 0 Å². The summed E-state index contributed by atoms with van der Waals surface area (Å²) in [6.07, 6.45) is 0. The second kappa shape index (κ2) is 5.37. The normalized spacial score (nSPS) is 11.0. The summed E-state index contributed by atoms with van der Waals surface area (Å²) in [4.78, 5) is 13.6. The molecular formula is C17H16O3S. The predicted molar refractivity (Wildman–Crippen MR) is 86.4 cm³/mol. The molecule has 0 saturated heterocycles. The van der Waals surface area contributed by atoms with Gasteiger partial charge in [0.25, 0.3) is 0 Å². The SMILES string of the molecule is CCOc1cc(-c2cccs2)cc(=O)c2c(C)oc(C)c12. The van der Waals surface area contributed by atoms with Crippen molar-refractivity contribution in [3.8, 4) is 16.2 Å². The fourth-order valence-corrected chi connectivity index (χ4v) is 3.31. The lowest BCUT2D eigenvalue weighted by atomic mass is 10.2. The Morgan fingerprint density at radius 2 is 1.95 bits per heavy atom. The van der Waals surface area contributed by atoms with Gasteiger partial charge in [0.2, 0.25) is 0 Å². The number of furan rings is 1. The quantitative estimate of drug-likeness (QED) is 0.713. The summed E-state index contributed by atoms with van der Waals surface area (Å²) in [6.45, 7) is 6.16. The molecule has 2 aromatic heterocycles. The summed E-state index contributed by atoms with van der Waals surface area (Å²) < 4.78 is 11.4.